The molecule has 4 heteroatoms. The van der Waals surface area contributed by atoms with E-state index in [0.29, 0.717) is 12.3 Å². The molecule has 1 aliphatic rings. The van der Waals surface area contributed by atoms with Gasteiger partial charge in [0.1, 0.15) is 5.37 Å². The summed E-state index contributed by atoms with van der Waals surface area (Å²) in [6, 6.07) is 10.6. The van der Waals surface area contributed by atoms with E-state index >= 15 is 0 Å². The zero-order valence-electron chi connectivity index (χ0n) is 14.8. The SMILES string of the molecule is C#CCN1C(=O)CSC1c1cnccc1-c1ccc(C(C)(C)C)cc1. The molecule has 0 N–H and O–H groups in total. The Kier molecular flexibility index (Phi) is 4.87. The molecule has 1 atom stereocenters. The molecule has 3 rings (SSSR count). The smallest absolute Gasteiger partial charge is 0.234 e. The van der Waals surface area contributed by atoms with Gasteiger partial charge in [-0.2, -0.15) is 0 Å². The molecule has 1 saturated heterocycles. The lowest BCUT2D eigenvalue weighted by Gasteiger charge is -2.24. The van der Waals surface area contributed by atoms with Crippen molar-refractivity contribution in [2.45, 2.75) is 31.6 Å². The Hall–Kier alpha value is -2.25. The van der Waals surface area contributed by atoms with Crippen molar-refractivity contribution >= 4 is 17.7 Å². The van der Waals surface area contributed by atoms with Gasteiger partial charge in [0, 0.05) is 18.0 Å². The van der Waals surface area contributed by atoms with Gasteiger partial charge in [-0.1, -0.05) is 51.0 Å². The van der Waals surface area contributed by atoms with E-state index in [0.717, 1.165) is 16.7 Å². The van der Waals surface area contributed by atoms with Gasteiger partial charge in [-0.05, 0) is 28.2 Å². The van der Waals surface area contributed by atoms with Crippen molar-refractivity contribution in [1.82, 2.24) is 9.88 Å². The molecule has 1 amide bonds. The largest absolute Gasteiger partial charge is 0.315 e. The highest BCUT2D eigenvalue weighted by Gasteiger charge is 2.33. The molecule has 2 heterocycles. The van der Waals surface area contributed by atoms with E-state index in [4.69, 9.17) is 6.42 Å². The quantitative estimate of drug-likeness (QED) is 0.776. The zero-order chi connectivity index (χ0) is 18.0. The molecule has 1 unspecified atom stereocenters. The summed E-state index contributed by atoms with van der Waals surface area (Å²) in [4.78, 5) is 18.2. The normalized spacial score (nSPS) is 17.6. The number of carbonyl (C=O) groups excluding carboxylic acids is 1. The van der Waals surface area contributed by atoms with Crippen molar-refractivity contribution in [3.63, 3.8) is 0 Å². The topological polar surface area (TPSA) is 33.2 Å². The Morgan fingerprint density at radius 1 is 1.28 bits per heavy atom. The van der Waals surface area contributed by atoms with E-state index in [2.05, 4.69) is 55.9 Å². The highest BCUT2D eigenvalue weighted by Crippen LogP contribution is 2.42. The fourth-order valence-electron chi connectivity index (χ4n) is 3.00. The summed E-state index contributed by atoms with van der Waals surface area (Å²) in [5, 5.41) is -0.0745. The minimum Gasteiger partial charge on any atom is -0.315 e. The van der Waals surface area contributed by atoms with E-state index in [1.807, 2.05) is 12.3 Å². The van der Waals surface area contributed by atoms with Crippen LogP contribution in [0.4, 0.5) is 0 Å². The second-order valence-electron chi connectivity index (χ2n) is 7.18. The second-order valence-corrected chi connectivity index (χ2v) is 8.25. The van der Waals surface area contributed by atoms with E-state index in [1.165, 1.54) is 5.56 Å². The van der Waals surface area contributed by atoms with E-state index in [9.17, 15) is 4.79 Å². The van der Waals surface area contributed by atoms with Gasteiger partial charge in [0.2, 0.25) is 5.91 Å². The summed E-state index contributed by atoms with van der Waals surface area (Å²) >= 11 is 1.61. The van der Waals surface area contributed by atoms with Crippen LogP contribution in [0.2, 0.25) is 0 Å². The number of nitrogens with zero attached hydrogens (tertiary/aromatic N) is 2. The highest BCUT2D eigenvalue weighted by atomic mass is 32.2. The summed E-state index contributed by atoms with van der Waals surface area (Å²) in [5.74, 6) is 3.15. The molecule has 1 fully saturated rings. The van der Waals surface area contributed by atoms with Crippen LogP contribution in [0.15, 0.2) is 42.7 Å². The van der Waals surface area contributed by atoms with Crippen molar-refractivity contribution < 1.29 is 4.79 Å². The maximum atomic E-state index is 12.1. The Labute approximate surface area is 153 Å². The summed E-state index contributed by atoms with van der Waals surface area (Å²) in [5.41, 5.74) is 4.69. The van der Waals surface area contributed by atoms with Crippen LogP contribution in [0.5, 0.6) is 0 Å². The van der Waals surface area contributed by atoms with Gasteiger partial charge in [0.15, 0.2) is 0 Å². The first-order chi connectivity index (χ1) is 11.9. The standard InChI is InChI=1S/C21H22N2OS/c1-5-12-23-19(24)14-25-20(23)18-13-22-11-10-17(18)15-6-8-16(9-7-15)21(2,3)4/h1,6-11,13,20H,12,14H2,2-4H3. The lowest BCUT2D eigenvalue weighted by molar-refractivity contribution is -0.127. The number of aromatic nitrogens is 1. The molecule has 0 spiro atoms. The first-order valence-corrected chi connectivity index (χ1v) is 9.36. The zero-order valence-corrected chi connectivity index (χ0v) is 15.6. The lowest BCUT2D eigenvalue weighted by atomic mass is 9.86. The predicted molar refractivity (Wildman–Crippen MR) is 104 cm³/mol. The number of hydrogen-bond acceptors (Lipinski definition) is 3. The van der Waals surface area contributed by atoms with Crippen LogP contribution in [-0.2, 0) is 10.2 Å². The first-order valence-electron chi connectivity index (χ1n) is 8.31. The van der Waals surface area contributed by atoms with Crippen LogP contribution in [0.1, 0.15) is 37.3 Å². The minimum atomic E-state index is -0.0745. The van der Waals surface area contributed by atoms with Gasteiger partial charge in [0.25, 0.3) is 0 Å². The fraction of sp³-hybridized carbons (Fsp3) is 0.333. The molecule has 0 aliphatic carbocycles. The van der Waals surface area contributed by atoms with Crippen LogP contribution in [0.25, 0.3) is 11.1 Å². The number of amides is 1. The van der Waals surface area contributed by atoms with Crippen LogP contribution in [0.3, 0.4) is 0 Å². The molecular formula is C21H22N2OS. The molecule has 1 aromatic carbocycles. The van der Waals surface area contributed by atoms with Crippen LogP contribution >= 0.6 is 11.8 Å². The average Bonchev–Trinajstić information content (AvgIpc) is 2.95. The molecule has 1 aliphatic heterocycles. The van der Waals surface area contributed by atoms with Gasteiger partial charge in [-0.3, -0.25) is 9.78 Å². The van der Waals surface area contributed by atoms with Crippen molar-refractivity contribution in [3.8, 4) is 23.5 Å². The Morgan fingerprint density at radius 3 is 2.64 bits per heavy atom. The predicted octanol–water partition coefficient (Wildman–Crippen LogP) is 4.25. The van der Waals surface area contributed by atoms with Crippen LogP contribution in [0, 0.1) is 12.3 Å². The fourth-order valence-corrected chi connectivity index (χ4v) is 4.20. The number of carbonyl (C=O) groups is 1. The monoisotopic (exact) mass is 350 g/mol. The van der Waals surface area contributed by atoms with E-state index in [-0.39, 0.29) is 16.7 Å². The average molecular weight is 350 g/mol. The molecule has 25 heavy (non-hydrogen) atoms. The van der Waals surface area contributed by atoms with Crippen molar-refractivity contribution in [2.24, 2.45) is 0 Å². The first kappa shape index (κ1) is 17.6. The number of pyridine rings is 1. The van der Waals surface area contributed by atoms with Gasteiger partial charge >= 0.3 is 0 Å². The molecule has 1 aromatic heterocycles. The summed E-state index contributed by atoms with van der Waals surface area (Å²) in [7, 11) is 0. The number of benzene rings is 1. The number of terminal acetylenes is 1. The van der Waals surface area contributed by atoms with Crippen LogP contribution in [-0.4, -0.2) is 28.1 Å². The molecule has 0 saturated carbocycles. The Morgan fingerprint density at radius 2 is 2.00 bits per heavy atom. The van der Waals surface area contributed by atoms with Gasteiger partial charge in [-0.15, -0.1) is 18.2 Å². The maximum absolute atomic E-state index is 12.1. The molecule has 0 radical (unpaired) electrons. The maximum Gasteiger partial charge on any atom is 0.234 e. The third kappa shape index (κ3) is 3.57. The van der Waals surface area contributed by atoms with Crippen molar-refractivity contribution in [1.29, 1.82) is 0 Å². The number of hydrogen-bond donors (Lipinski definition) is 0. The van der Waals surface area contributed by atoms with E-state index < -0.39 is 0 Å². The summed E-state index contributed by atoms with van der Waals surface area (Å²) in [6.45, 7) is 6.95. The molecule has 0 bridgehead atoms. The summed E-state index contributed by atoms with van der Waals surface area (Å²) in [6.07, 6.45) is 9.10. The summed E-state index contributed by atoms with van der Waals surface area (Å²) < 4.78 is 0. The number of thioether (sulfide) groups is 1. The Bertz CT molecular complexity index is 815. The van der Waals surface area contributed by atoms with Crippen molar-refractivity contribution in [2.75, 3.05) is 12.3 Å². The van der Waals surface area contributed by atoms with Crippen molar-refractivity contribution in [3.05, 3.63) is 53.9 Å². The third-order valence-electron chi connectivity index (χ3n) is 4.41. The van der Waals surface area contributed by atoms with Gasteiger partial charge in [0.05, 0.1) is 12.3 Å². The highest BCUT2D eigenvalue weighted by molar-refractivity contribution is 8.00. The van der Waals surface area contributed by atoms with Gasteiger partial charge < -0.3 is 4.90 Å². The number of rotatable bonds is 3. The minimum absolute atomic E-state index is 0.0745. The van der Waals surface area contributed by atoms with Gasteiger partial charge in [-0.25, -0.2) is 0 Å². The lowest BCUT2D eigenvalue weighted by Crippen LogP contribution is -2.28. The third-order valence-corrected chi connectivity index (χ3v) is 5.65. The Balaban J connectivity index is 1.99. The molecule has 2 aromatic rings. The molecular weight excluding hydrogens is 328 g/mol. The molecule has 3 nitrogen and oxygen atoms in total. The second kappa shape index (κ2) is 6.93. The van der Waals surface area contributed by atoms with E-state index in [1.54, 1.807) is 22.9 Å². The molecule has 128 valence electrons. The van der Waals surface area contributed by atoms with Crippen LogP contribution < -0.4 is 0 Å².